The summed E-state index contributed by atoms with van der Waals surface area (Å²) >= 11 is 0. The van der Waals surface area contributed by atoms with Gasteiger partial charge in [-0.25, -0.2) is 9.97 Å². The number of dihydropyridines is 1. The summed E-state index contributed by atoms with van der Waals surface area (Å²) in [4.78, 5) is 8.02. The van der Waals surface area contributed by atoms with Gasteiger partial charge in [0, 0.05) is 19.2 Å². The molecule has 0 radical (unpaired) electrons. The van der Waals surface area contributed by atoms with E-state index in [-0.39, 0.29) is 5.69 Å². The summed E-state index contributed by atoms with van der Waals surface area (Å²) in [5.41, 5.74) is 13.2. The number of hydrogen-bond donors (Lipinski definition) is 5. The van der Waals surface area contributed by atoms with Crippen molar-refractivity contribution in [2.24, 2.45) is 11.5 Å². The number of nitriles is 1. The van der Waals surface area contributed by atoms with E-state index in [1.54, 1.807) is 0 Å². The number of nitrogens with one attached hydrogen (secondary N) is 3. The van der Waals surface area contributed by atoms with E-state index in [1.165, 1.54) is 12.4 Å². The van der Waals surface area contributed by atoms with Crippen LogP contribution in [0, 0.1) is 11.3 Å². The highest BCUT2D eigenvalue weighted by Crippen LogP contribution is 2.10. The van der Waals surface area contributed by atoms with Crippen molar-refractivity contribution in [1.82, 2.24) is 20.6 Å². The molecule has 0 spiro atoms. The monoisotopic (exact) mass is 272 g/mol. The fourth-order valence-electron chi connectivity index (χ4n) is 1.61. The second-order valence-corrected chi connectivity index (χ2v) is 4.09. The van der Waals surface area contributed by atoms with Crippen LogP contribution in [0.15, 0.2) is 35.7 Å². The molecule has 2 heterocycles. The summed E-state index contributed by atoms with van der Waals surface area (Å²) in [5, 5.41) is 18.0. The molecule has 0 unspecified atom stereocenters. The third kappa shape index (κ3) is 3.37. The maximum absolute atomic E-state index is 8.66. The fraction of sp³-hybridized carbons (Fsp3) is 0.250. The van der Waals surface area contributed by atoms with Gasteiger partial charge < -0.3 is 27.4 Å². The topological polar surface area (TPSA) is 138 Å². The lowest BCUT2D eigenvalue weighted by molar-refractivity contribution is 0.754. The largest absolute Gasteiger partial charge is 0.399 e. The predicted molar refractivity (Wildman–Crippen MR) is 74.7 cm³/mol. The summed E-state index contributed by atoms with van der Waals surface area (Å²) in [6.07, 6.45) is 4.74. The van der Waals surface area contributed by atoms with Gasteiger partial charge in [0.15, 0.2) is 5.69 Å². The SMILES string of the molecule is N#Cc1cnc(NC2=CC(NCCN)=C(N)CN2)cn1. The number of nitrogens with zero attached hydrogens (tertiary/aromatic N) is 3. The second-order valence-electron chi connectivity index (χ2n) is 4.09. The third-order valence-corrected chi connectivity index (χ3v) is 2.59. The Kier molecular flexibility index (Phi) is 4.36. The van der Waals surface area contributed by atoms with Gasteiger partial charge in [-0.3, -0.25) is 0 Å². The molecular formula is C12H16N8. The fourth-order valence-corrected chi connectivity index (χ4v) is 1.61. The van der Waals surface area contributed by atoms with E-state index in [0.717, 1.165) is 17.2 Å². The maximum atomic E-state index is 8.66. The Morgan fingerprint density at radius 1 is 1.40 bits per heavy atom. The van der Waals surface area contributed by atoms with Crippen LogP contribution in [0.3, 0.4) is 0 Å². The van der Waals surface area contributed by atoms with Crippen molar-refractivity contribution in [3.8, 4) is 6.07 Å². The lowest BCUT2D eigenvalue weighted by Crippen LogP contribution is -2.34. The molecule has 104 valence electrons. The molecule has 0 atom stereocenters. The average molecular weight is 272 g/mol. The van der Waals surface area contributed by atoms with Crippen LogP contribution in [0.4, 0.5) is 5.82 Å². The van der Waals surface area contributed by atoms with Gasteiger partial charge in [0.1, 0.15) is 17.7 Å². The molecule has 8 heteroatoms. The van der Waals surface area contributed by atoms with Crippen LogP contribution < -0.4 is 27.4 Å². The Bertz CT molecular complexity index is 566. The third-order valence-electron chi connectivity index (χ3n) is 2.59. The van der Waals surface area contributed by atoms with Crippen molar-refractivity contribution in [1.29, 1.82) is 5.26 Å². The molecule has 1 aliphatic heterocycles. The first-order valence-corrected chi connectivity index (χ1v) is 6.10. The van der Waals surface area contributed by atoms with Crippen molar-refractivity contribution in [3.63, 3.8) is 0 Å². The van der Waals surface area contributed by atoms with E-state index < -0.39 is 0 Å². The molecule has 1 aliphatic rings. The first kappa shape index (κ1) is 13.6. The highest BCUT2D eigenvalue weighted by molar-refractivity contribution is 5.44. The van der Waals surface area contributed by atoms with Crippen LogP contribution >= 0.6 is 0 Å². The number of anilines is 1. The minimum Gasteiger partial charge on any atom is -0.399 e. The van der Waals surface area contributed by atoms with Gasteiger partial charge in [-0.2, -0.15) is 5.26 Å². The zero-order valence-electron chi connectivity index (χ0n) is 10.8. The molecular weight excluding hydrogens is 256 g/mol. The standard InChI is InChI=1S/C12H16N8/c13-1-2-16-10-3-11(19-6-9(10)15)20-12-7-17-8(4-14)5-18-12/h3,5,7,16,19H,1-2,6,13,15H2,(H,18,20). The number of aromatic nitrogens is 2. The molecule has 0 bridgehead atoms. The zero-order valence-corrected chi connectivity index (χ0v) is 10.8. The summed E-state index contributed by atoms with van der Waals surface area (Å²) in [5.74, 6) is 1.29. The summed E-state index contributed by atoms with van der Waals surface area (Å²) in [7, 11) is 0. The Labute approximate surface area is 116 Å². The van der Waals surface area contributed by atoms with Crippen LogP contribution in [-0.4, -0.2) is 29.6 Å². The van der Waals surface area contributed by atoms with E-state index in [1.807, 2.05) is 12.1 Å². The number of nitrogens with two attached hydrogens (primary N) is 2. The van der Waals surface area contributed by atoms with Gasteiger partial charge in [0.25, 0.3) is 0 Å². The minimum absolute atomic E-state index is 0.274. The molecule has 0 fully saturated rings. The lowest BCUT2D eigenvalue weighted by Gasteiger charge is -2.21. The molecule has 0 aliphatic carbocycles. The number of allylic oxidation sites excluding steroid dienone is 1. The molecule has 0 amide bonds. The predicted octanol–water partition coefficient (Wildman–Crippen LogP) is -1.08. The zero-order chi connectivity index (χ0) is 14.4. The maximum Gasteiger partial charge on any atom is 0.158 e. The van der Waals surface area contributed by atoms with Crippen LogP contribution in [0.2, 0.25) is 0 Å². The number of hydrogen-bond acceptors (Lipinski definition) is 8. The van der Waals surface area contributed by atoms with Gasteiger partial charge in [0.2, 0.25) is 0 Å². The molecule has 1 aromatic rings. The van der Waals surface area contributed by atoms with Gasteiger partial charge in [-0.1, -0.05) is 0 Å². The minimum atomic E-state index is 0.274. The van der Waals surface area contributed by atoms with Crippen molar-refractivity contribution >= 4 is 5.82 Å². The second kappa shape index (κ2) is 6.40. The van der Waals surface area contributed by atoms with Crippen LogP contribution in [0.1, 0.15) is 5.69 Å². The Morgan fingerprint density at radius 2 is 2.25 bits per heavy atom. The molecule has 7 N–H and O–H groups in total. The smallest absolute Gasteiger partial charge is 0.158 e. The van der Waals surface area contributed by atoms with E-state index in [0.29, 0.717) is 25.5 Å². The quantitative estimate of drug-likeness (QED) is 0.456. The van der Waals surface area contributed by atoms with Crippen molar-refractivity contribution in [3.05, 3.63) is 41.4 Å². The Balaban J connectivity index is 2.07. The molecule has 0 aromatic carbocycles. The lowest BCUT2D eigenvalue weighted by atomic mass is 10.2. The normalized spacial score (nSPS) is 14.1. The van der Waals surface area contributed by atoms with Gasteiger partial charge >= 0.3 is 0 Å². The van der Waals surface area contributed by atoms with Gasteiger partial charge in [-0.05, 0) is 0 Å². The van der Waals surface area contributed by atoms with Crippen LogP contribution in [-0.2, 0) is 0 Å². The highest BCUT2D eigenvalue weighted by atomic mass is 15.1. The molecule has 2 rings (SSSR count). The molecule has 8 nitrogen and oxygen atoms in total. The van der Waals surface area contributed by atoms with E-state index in [4.69, 9.17) is 16.7 Å². The van der Waals surface area contributed by atoms with Gasteiger partial charge in [-0.15, -0.1) is 0 Å². The molecule has 20 heavy (non-hydrogen) atoms. The van der Waals surface area contributed by atoms with Crippen LogP contribution in [0.25, 0.3) is 0 Å². The first-order valence-electron chi connectivity index (χ1n) is 6.10. The van der Waals surface area contributed by atoms with Crippen LogP contribution in [0.5, 0.6) is 0 Å². The Morgan fingerprint density at radius 3 is 2.90 bits per heavy atom. The van der Waals surface area contributed by atoms with E-state index in [2.05, 4.69) is 25.9 Å². The van der Waals surface area contributed by atoms with Crippen molar-refractivity contribution < 1.29 is 0 Å². The first-order chi connectivity index (χ1) is 9.72. The summed E-state index contributed by atoms with van der Waals surface area (Å²) in [6, 6.07) is 1.92. The average Bonchev–Trinajstić information content (AvgIpc) is 2.48. The van der Waals surface area contributed by atoms with Crippen molar-refractivity contribution in [2.45, 2.75) is 0 Å². The van der Waals surface area contributed by atoms with Gasteiger partial charge in [0.05, 0.1) is 30.3 Å². The van der Waals surface area contributed by atoms with E-state index in [9.17, 15) is 0 Å². The number of rotatable bonds is 5. The molecule has 0 saturated carbocycles. The van der Waals surface area contributed by atoms with E-state index >= 15 is 0 Å². The Hall–Kier alpha value is -2.79. The summed E-state index contributed by atoms with van der Waals surface area (Å²) in [6.45, 7) is 1.70. The summed E-state index contributed by atoms with van der Waals surface area (Å²) < 4.78 is 0. The molecule has 1 aromatic heterocycles. The molecule has 0 saturated heterocycles. The van der Waals surface area contributed by atoms with Crippen molar-refractivity contribution in [2.75, 3.05) is 25.0 Å². The highest BCUT2D eigenvalue weighted by Gasteiger charge is 2.10.